The van der Waals surface area contributed by atoms with Crippen LogP contribution in [-0.4, -0.2) is 43.5 Å². The van der Waals surface area contributed by atoms with Gasteiger partial charge in [0.15, 0.2) is 0 Å². The Bertz CT molecular complexity index is 553. The number of phenols is 1. The topological polar surface area (TPSA) is 49.5 Å². The lowest BCUT2D eigenvalue weighted by atomic mass is 9.87. The summed E-state index contributed by atoms with van der Waals surface area (Å²) < 4.78 is 0. The van der Waals surface area contributed by atoms with E-state index in [2.05, 4.69) is 11.0 Å². The van der Waals surface area contributed by atoms with E-state index in [4.69, 9.17) is 13.6 Å². The maximum atomic E-state index is 10.3. The van der Waals surface area contributed by atoms with Gasteiger partial charge >= 0.3 is 0 Å². The maximum Gasteiger partial charge on any atom is 0.121 e. The Morgan fingerprint density at radius 2 is 1.96 bits per heavy atom. The Morgan fingerprint density at radius 1 is 1.25 bits per heavy atom. The molecule has 1 aromatic rings. The summed E-state index contributed by atoms with van der Waals surface area (Å²) in [6, 6.07) is 4.55. The number of nitrogens with zero attached hydrogens (tertiary/aromatic N) is 1. The van der Waals surface area contributed by atoms with Gasteiger partial charge in [0.1, 0.15) is 5.75 Å². The molecule has 130 valence electrons. The SMILES string of the molecule is [B]CCc1ccc(CC2CN(CC(N)CCC3CC3)C2)c(C)c1O. The van der Waals surface area contributed by atoms with E-state index < -0.39 is 0 Å². The summed E-state index contributed by atoms with van der Waals surface area (Å²) in [7, 11) is 5.60. The van der Waals surface area contributed by atoms with Crippen molar-refractivity contribution in [1.29, 1.82) is 0 Å². The minimum atomic E-state index is 0.341. The number of phenolic OH excluding ortho intramolecular Hbond substituents is 1. The van der Waals surface area contributed by atoms with Gasteiger partial charge in [-0.25, -0.2) is 0 Å². The summed E-state index contributed by atoms with van der Waals surface area (Å²) in [6.45, 7) is 5.35. The van der Waals surface area contributed by atoms with Gasteiger partial charge in [0.05, 0.1) is 7.85 Å². The lowest BCUT2D eigenvalue weighted by molar-refractivity contribution is 0.0919. The van der Waals surface area contributed by atoms with Crippen molar-refractivity contribution in [2.75, 3.05) is 19.6 Å². The van der Waals surface area contributed by atoms with Gasteiger partial charge in [0.25, 0.3) is 0 Å². The van der Waals surface area contributed by atoms with Crippen molar-refractivity contribution in [2.45, 2.75) is 57.8 Å². The first kappa shape index (κ1) is 17.8. The zero-order chi connectivity index (χ0) is 17.1. The van der Waals surface area contributed by atoms with Gasteiger partial charge < -0.3 is 15.7 Å². The van der Waals surface area contributed by atoms with Crippen LogP contribution >= 0.6 is 0 Å². The number of aryl methyl sites for hydroxylation is 1. The molecule has 3 nitrogen and oxygen atoms in total. The van der Waals surface area contributed by atoms with E-state index in [0.717, 1.165) is 49.5 Å². The van der Waals surface area contributed by atoms with Crippen LogP contribution in [0, 0.1) is 18.8 Å². The van der Waals surface area contributed by atoms with Crippen LogP contribution in [0.1, 0.15) is 42.4 Å². The van der Waals surface area contributed by atoms with E-state index in [9.17, 15) is 5.11 Å². The fraction of sp³-hybridized carbons (Fsp3) is 0.700. The maximum absolute atomic E-state index is 10.3. The number of aromatic hydroxyl groups is 1. The van der Waals surface area contributed by atoms with Crippen molar-refractivity contribution in [3.05, 3.63) is 28.8 Å². The van der Waals surface area contributed by atoms with Crippen LogP contribution in [0.25, 0.3) is 0 Å². The molecule has 3 N–H and O–H groups in total. The monoisotopic (exact) mass is 326 g/mol. The first-order chi connectivity index (χ1) is 11.6. The minimum Gasteiger partial charge on any atom is -0.507 e. The van der Waals surface area contributed by atoms with E-state index in [-0.39, 0.29) is 0 Å². The van der Waals surface area contributed by atoms with Crippen LogP contribution in [0.5, 0.6) is 5.75 Å². The summed E-state index contributed by atoms with van der Waals surface area (Å²) in [5.74, 6) is 2.12. The average molecular weight is 326 g/mol. The van der Waals surface area contributed by atoms with Gasteiger partial charge in [0.2, 0.25) is 0 Å². The molecule has 0 bridgehead atoms. The van der Waals surface area contributed by atoms with E-state index in [0.29, 0.717) is 24.0 Å². The van der Waals surface area contributed by atoms with Gasteiger partial charge in [-0.2, -0.15) is 0 Å². The van der Waals surface area contributed by atoms with Crippen LogP contribution in [0.4, 0.5) is 0 Å². The molecule has 1 unspecified atom stereocenters. The third-order valence-corrected chi connectivity index (χ3v) is 5.72. The Balaban J connectivity index is 1.42. The fourth-order valence-corrected chi connectivity index (χ4v) is 3.92. The molecular weight excluding hydrogens is 295 g/mol. The molecule has 2 aliphatic rings. The van der Waals surface area contributed by atoms with Gasteiger partial charge in [-0.1, -0.05) is 31.3 Å². The number of likely N-dealkylation sites (tertiary alicyclic amines) is 1. The van der Waals surface area contributed by atoms with Crippen LogP contribution in [0.2, 0.25) is 6.32 Å². The Kier molecular flexibility index (Phi) is 5.88. The first-order valence-corrected chi connectivity index (χ1v) is 9.55. The molecule has 0 spiro atoms. The lowest BCUT2D eigenvalue weighted by Gasteiger charge is -2.41. The molecule has 1 aliphatic heterocycles. The molecule has 1 aliphatic carbocycles. The van der Waals surface area contributed by atoms with Crippen LogP contribution in [-0.2, 0) is 12.8 Å². The van der Waals surface area contributed by atoms with Crippen molar-refractivity contribution in [1.82, 2.24) is 4.90 Å². The second-order valence-electron chi connectivity index (χ2n) is 7.97. The summed E-state index contributed by atoms with van der Waals surface area (Å²) in [5, 5.41) is 10.3. The van der Waals surface area contributed by atoms with E-state index in [1.54, 1.807) is 0 Å². The van der Waals surface area contributed by atoms with Crippen LogP contribution in [0.3, 0.4) is 0 Å². The average Bonchev–Trinajstić information content (AvgIpc) is 3.34. The van der Waals surface area contributed by atoms with E-state index in [1.807, 2.05) is 13.0 Å². The quantitative estimate of drug-likeness (QED) is 0.686. The third kappa shape index (κ3) is 4.55. The molecule has 4 heteroatoms. The summed E-state index contributed by atoms with van der Waals surface area (Å²) in [5.41, 5.74) is 9.53. The number of nitrogens with two attached hydrogens (primary N) is 1. The van der Waals surface area contributed by atoms with Crippen molar-refractivity contribution >= 4 is 7.85 Å². The van der Waals surface area contributed by atoms with Crippen molar-refractivity contribution in [2.24, 2.45) is 17.6 Å². The standard InChI is InChI=1S/C20H31BN2O/c1-14-18(6-5-17(8-9-21)20(14)24)10-16-11-23(12-16)13-19(22)7-4-15-2-3-15/h5-6,15-16,19,24H,2-4,7-13,22H2,1H3. The molecule has 1 heterocycles. The Hall–Kier alpha value is -0.995. The predicted molar refractivity (Wildman–Crippen MR) is 101 cm³/mol. The molecule has 1 saturated carbocycles. The summed E-state index contributed by atoms with van der Waals surface area (Å²) >= 11 is 0. The largest absolute Gasteiger partial charge is 0.507 e. The zero-order valence-electron chi connectivity index (χ0n) is 15.0. The van der Waals surface area contributed by atoms with Crippen LogP contribution in [0.15, 0.2) is 12.1 Å². The molecule has 1 saturated heterocycles. The van der Waals surface area contributed by atoms with Gasteiger partial charge in [-0.15, -0.1) is 0 Å². The summed E-state index contributed by atoms with van der Waals surface area (Å²) in [6.07, 6.45) is 7.72. The molecule has 1 aromatic carbocycles. The minimum absolute atomic E-state index is 0.341. The molecule has 0 aromatic heterocycles. The van der Waals surface area contributed by atoms with Crippen molar-refractivity contribution in [3.63, 3.8) is 0 Å². The van der Waals surface area contributed by atoms with E-state index in [1.165, 1.54) is 31.2 Å². The fourth-order valence-electron chi connectivity index (χ4n) is 3.92. The summed E-state index contributed by atoms with van der Waals surface area (Å²) in [4.78, 5) is 2.49. The highest BCUT2D eigenvalue weighted by atomic mass is 16.3. The Labute approximate surface area is 148 Å². The second-order valence-corrected chi connectivity index (χ2v) is 7.97. The van der Waals surface area contributed by atoms with Crippen LogP contribution < -0.4 is 5.73 Å². The van der Waals surface area contributed by atoms with Gasteiger partial charge in [-0.3, -0.25) is 0 Å². The van der Waals surface area contributed by atoms with E-state index >= 15 is 0 Å². The molecule has 2 radical (unpaired) electrons. The molecule has 3 rings (SSSR count). The molecule has 2 fully saturated rings. The second kappa shape index (κ2) is 7.92. The van der Waals surface area contributed by atoms with Crippen molar-refractivity contribution < 1.29 is 5.11 Å². The van der Waals surface area contributed by atoms with Crippen molar-refractivity contribution in [3.8, 4) is 5.75 Å². The highest BCUT2D eigenvalue weighted by Crippen LogP contribution is 2.34. The smallest absolute Gasteiger partial charge is 0.121 e. The first-order valence-electron chi connectivity index (χ1n) is 9.55. The van der Waals surface area contributed by atoms with Gasteiger partial charge in [0, 0.05) is 25.7 Å². The third-order valence-electron chi connectivity index (χ3n) is 5.72. The lowest BCUT2D eigenvalue weighted by Crippen LogP contribution is -2.52. The zero-order valence-corrected chi connectivity index (χ0v) is 15.0. The number of benzene rings is 1. The normalized spacial score (nSPS) is 20.1. The number of hydrogen-bond acceptors (Lipinski definition) is 3. The molecular formula is C20H31BN2O. The molecule has 24 heavy (non-hydrogen) atoms. The van der Waals surface area contributed by atoms with Gasteiger partial charge in [-0.05, 0) is 61.1 Å². The highest BCUT2D eigenvalue weighted by molar-refractivity contribution is 6.08. The predicted octanol–water partition coefficient (Wildman–Crippen LogP) is 2.82. The molecule has 0 amide bonds. The number of hydrogen-bond donors (Lipinski definition) is 2. The number of rotatable bonds is 9. The molecule has 1 atom stereocenters. The highest BCUT2D eigenvalue weighted by Gasteiger charge is 2.29. The Morgan fingerprint density at radius 3 is 2.62 bits per heavy atom.